The van der Waals surface area contributed by atoms with E-state index in [2.05, 4.69) is 5.32 Å². The lowest BCUT2D eigenvalue weighted by Gasteiger charge is -2.25. The highest BCUT2D eigenvalue weighted by atomic mass is 19.1. The fraction of sp³-hybridized carbons (Fsp3) is 0.600. The summed E-state index contributed by atoms with van der Waals surface area (Å²) in [6, 6.07) is 2.42. The molecule has 106 valence electrons. The summed E-state index contributed by atoms with van der Waals surface area (Å²) in [7, 11) is 0. The van der Waals surface area contributed by atoms with E-state index in [-0.39, 0.29) is 29.8 Å². The number of nitrogens with one attached hydrogen (secondary N) is 1. The maximum Gasteiger partial charge on any atom is 0.128 e. The molecular formula is C15H21F2NO. The topological polar surface area (TPSA) is 21.3 Å². The number of aryl methyl sites for hydroxylation is 1. The third kappa shape index (κ3) is 3.31. The molecule has 1 aromatic carbocycles. The molecule has 0 aromatic heterocycles. The van der Waals surface area contributed by atoms with Crippen LogP contribution in [0.25, 0.3) is 0 Å². The van der Waals surface area contributed by atoms with Crippen molar-refractivity contribution < 1.29 is 13.5 Å². The molecule has 4 heteroatoms. The highest BCUT2D eigenvalue weighted by molar-refractivity contribution is 5.27. The second-order valence-electron chi connectivity index (χ2n) is 5.35. The highest BCUT2D eigenvalue weighted by Gasteiger charge is 2.24. The summed E-state index contributed by atoms with van der Waals surface area (Å²) in [6.07, 6.45) is 2.25. The molecule has 1 aromatic rings. The van der Waals surface area contributed by atoms with Gasteiger partial charge < -0.3 is 10.1 Å². The zero-order chi connectivity index (χ0) is 14.0. The van der Waals surface area contributed by atoms with Crippen LogP contribution < -0.4 is 5.32 Å². The van der Waals surface area contributed by atoms with Crippen molar-refractivity contribution in [2.24, 2.45) is 0 Å². The van der Waals surface area contributed by atoms with Crippen molar-refractivity contribution in [1.29, 1.82) is 0 Å². The van der Waals surface area contributed by atoms with Crippen LogP contribution in [-0.4, -0.2) is 18.8 Å². The maximum absolute atomic E-state index is 13.9. The minimum atomic E-state index is -0.366. The molecule has 1 fully saturated rings. The van der Waals surface area contributed by atoms with Gasteiger partial charge in [-0.1, -0.05) is 0 Å². The van der Waals surface area contributed by atoms with Crippen LogP contribution in [0.15, 0.2) is 12.1 Å². The molecule has 0 radical (unpaired) electrons. The Balaban J connectivity index is 2.06. The molecule has 0 amide bonds. The van der Waals surface area contributed by atoms with E-state index >= 15 is 0 Å². The van der Waals surface area contributed by atoms with Crippen LogP contribution in [0.2, 0.25) is 0 Å². The predicted molar refractivity (Wildman–Crippen MR) is 71.1 cm³/mol. The van der Waals surface area contributed by atoms with Crippen molar-refractivity contribution in [3.63, 3.8) is 0 Å². The molecule has 19 heavy (non-hydrogen) atoms. The lowest BCUT2D eigenvalue weighted by molar-refractivity contribution is 0.0802. The molecule has 1 saturated heterocycles. The van der Waals surface area contributed by atoms with Gasteiger partial charge in [0.15, 0.2) is 0 Å². The summed E-state index contributed by atoms with van der Waals surface area (Å²) in [5.41, 5.74) is 0.702. The molecule has 1 heterocycles. The Morgan fingerprint density at radius 2 is 2.00 bits per heavy atom. The average molecular weight is 269 g/mol. The van der Waals surface area contributed by atoms with Gasteiger partial charge in [-0.15, -0.1) is 0 Å². The molecule has 2 rings (SSSR count). The zero-order valence-corrected chi connectivity index (χ0v) is 11.7. The Morgan fingerprint density at radius 3 is 2.63 bits per heavy atom. The Morgan fingerprint density at radius 1 is 1.26 bits per heavy atom. The Labute approximate surface area is 113 Å². The van der Waals surface area contributed by atoms with Crippen LogP contribution in [0.1, 0.15) is 43.9 Å². The maximum atomic E-state index is 13.9. The second-order valence-corrected chi connectivity index (χ2v) is 5.35. The fourth-order valence-electron chi connectivity index (χ4n) is 2.58. The van der Waals surface area contributed by atoms with Gasteiger partial charge in [-0.25, -0.2) is 8.78 Å². The molecule has 2 nitrogen and oxygen atoms in total. The summed E-state index contributed by atoms with van der Waals surface area (Å²) in [4.78, 5) is 0. The summed E-state index contributed by atoms with van der Waals surface area (Å²) >= 11 is 0. The van der Waals surface area contributed by atoms with Gasteiger partial charge in [-0.05, 0) is 51.3 Å². The van der Waals surface area contributed by atoms with Crippen LogP contribution in [0.4, 0.5) is 8.78 Å². The minimum absolute atomic E-state index is 0.126. The van der Waals surface area contributed by atoms with Crippen molar-refractivity contribution in [3.05, 3.63) is 34.9 Å². The molecule has 1 N–H and O–H groups in total. The number of hydrogen-bond donors (Lipinski definition) is 1. The number of hydrogen-bond acceptors (Lipinski definition) is 2. The van der Waals surface area contributed by atoms with E-state index in [4.69, 9.17) is 4.74 Å². The van der Waals surface area contributed by atoms with Gasteiger partial charge in [-0.2, -0.15) is 0 Å². The first-order valence-corrected chi connectivity index (χ1v) is 6.82. The van der Waals surface area contributed by atoms with Gasteiger partial charge in [-0.3, -0.25) is 0 Å². The van der Waals surface area contributed by atoms with E-state index in [1.54, 1.807) is 6.92 Å². The summed E-state index contributed by atoms with van der Waals surface area (Å²) < 4.78 is 33.0. The molecule has 3 unspecified atom stereocenters. The molecule has 0 spiro atoms. The summed E-state index contributed by atoms with van der Waals surface area (Å²) in [5.74, 6) is -0.728. The third-order valence-corrected chi connectivity index (χ3v) is 3.78. The van der Waals surface area contributed by atoms with E-state index in [1.807, 2.05) is 13.8 Å². The van der Waals surface area contributed by atoms with Crippen molar-refractivity contribution in [3.8, 4) is 0 Å². The van der Waals surface area contributed by atoms with Gasteiger partial charge in [0.1, 0.15) is 11.6 Å². The molecule has 0 bridgehead atoms. The zero-order valence-electron chi connectivity index (χ0n) is 11.7. The van der Waals surface area contributed by atoms with Gasteiger partial charge >= 0.3 is 0 Å². The lowest BCUT2D eigenvalue weighted by atomic mass is 10.0. The van der Waals surface area contributed by atoms with Crippen LogP contribution >= 0.6 is 0 Å². The van der Waals surface area contributed by atoms with E-state index in [0.717, 1.165) is 19.4 Å². The van der Waals surface area contributed by atoms with Crippen LogP contribution in [0.5, 0.6) is 0 Å². The summed E-state index contributed by atoms with van der Waals surface area (Å²) in [5, 5.41) is 3.29. The number of halogens is 2. The van der Waals surface area contributed by atoms with E-state index in [1.165, 1.54) is 12.1 Å². The van der Waals surface area contributed by atoms with Gasteiger partial charge in [0.25, 0.3) is 0 Å². The first-order chi connectivity index (χ1) is 8.99. The predicted octanol–water partition coefficient (Wildman–Crippen LogP) is 3.49. The molecule has 3 atom stereocenters. The Hall–Kier alpha value is -1.00. The number of ether oxygens (including phenoxy) is 1. The van der Waals surface area contributed by atoms with Crippen LogP contribution in [0.3, 0.4) is 0 Å². The van der Waals surface area contributed by atoms with E-state index in [9.17, 15) is 8.78 Å². The second kappa shape index (κ2) is 5.97. The van der Waals surface area contributed by atoms with E-state index < -0.39 is 0 Å². The Kier molecular flexibility index (Phi) is 4.53. The highest BCUT2D eigenvalue weighted by Crippen LogP contribution is 2.23. The van der Waals surface area contributed by atoms with E-state index in [0.29, 0.717) is 11.1 Å². The normalized spacial score (nSPS) is 22.5. The first-order valence-electron chi connectivity index (χ1n) is 6.82. The molecule has 1 aliphatic rings. The van der Waals surface area contributed by atoms with Crippen molar-refractivity contribution in [2.75, 3.05) is 6.61 Å². The van der Waals surface area contributed by atoms with Crippen LogP contribution in [0, 0.1) is 18.6 Å². The standard InChI is InChI=1S/C15H21F2NO/c1-9-7-14(17)12(8-13(9)16)10(2)18-11(3)15-5-4-6-19-15/h7-8,10-11,15,18H,4-6H2,1-3H3. The van der Waals surface area contributed by atoms with Crippen LogP contribution in [-0.2, 0) is 4.74 Å². The molecule has 1 aliphatic heterocycles. The largest absolute Gasteiger partial charge is 0.377 e. The van der Waals surface area contributed by atoms with Gasteiger partial charge in [0.05, 0.1) is 6.10 Å². The van der Waals surface area contributed by atoms with Gasteiger partial charge in [0, 0.05) is 24.3 Å². The monoisotopic (exact) mass is 269 g/mol. The SMILES string of the molecule is Cc1cc(F)c(C(C)NC(C)C2CCCO2)cc1F. The molecular weight excluding hydrogens is 248 g/mol. The minimum Gasteiger partial charge on any atom is -0.377 e. The fourth-order valence-corrected chi connectivity index (χ4v) is 2.58. The number of benzene rings is 1. The third-order valence-electron chi connectivity index (χ3n) is 3.78. The Bertz CT molecular complexity index is 444. The van der Waals surface area contributed by atoms with Gasteiger partial charge in [0.2, 0.25) is 0 Å². The quantitative estimate of drug-likeness (QED) is 0.903. The number of rotatable bonds is 4. The summed E-state index contributed by atoms with van der Waals surface area (Å²) in [6.45, 7) is 6.22. The average Bonchev–Trinajstić information content (AvgIpc) is 2.87. The molecule has 0 saturated carbocycles. The molecule has 0 aliphatic carbocycles. The lowest BCUT2D eigenvalue weighted by Crippen LogP contribution is -2.38. The smallest absolute Gasteiger partial charge is 0.128 e. The first kappa shape index (κ1) is 14.4. The van der Waals surface area contributed by atoms with Crippen molar-refractivity contribution in [2.45, 2.75) is 51.8 Å². The van der Waals surface area contributed by atoms with Crippen molar-refractivity contribution in [1.82, 2.24) is 5.32 Å². The van der Waals surface area contributed by atoms with Crippen molar-refractivity contribution >= 4 is 0 Å².